The molecule has 0 saturated carbocycles. The number of aromatic nitrogens is 3. The van der Waals surface area contributed by atoms with Crippen LogP contribution in [0.25, 0.3) is 11.4 Å². The molecule has 4 nitrogen and oxygen atoms in total. The van der Waals surface area contributed by atoms with Gasteiger partial charge in [-0.05, 0) is 12.1 Å². The molecule has 0 amide bonds. The van der Waals surface area contributed by atoms with E-state index in [1.807, 2.05) is 31.2 Å². The molecule has 0 aliphatic rings. The number of hydrogen-bond donors (Lipinski definition) is 2. The van der Waals surface area contributed by atoms with Gasteiger partial charge in [0.2, 0.25) is 0 Å². The van der Waals surface area contributed by atoms with Crippen LogP contribution in [0.2, 0.25) is 0 Å². The predicted octanol–water partition coefficient (Wildman–Crippen LogP) is 1.62. The molecule has 3 N–H and O–H groups in total. The van der Waals surface area contributed by atoms with Crippen LogP contribution < -0.4 is 5.73 Å². The fourth-order valence-corrected chi connectivity index (χ4v) is 1.26. The molecule has 2 rings (SSSR count). The smallest absolute Gasteiger partial charge is 0.181 e. The SMILES string of the molecule is CCc1nc(-c2cccc(N)c2)n[nH]1. The summed E-state index contributed by atoms with van der Waals surface area (Å²) < 4.78 is 0. The third-order valence-corrected chi connectivity index (χ3v) is 2.01. The lowest BCUT2D eigenvalue weighted by Gasteiger charge is -1.95. The molecule has 0 unspecified atom stereocenters. The molecule has 0 saturated heterocycles. The van der Waals surface area contributed by atoms with Gasteiger partial charge >= 0.3 is 0 Å². The normalized spacial score (nSPS) is 10.4. The van der Waals surface area contributed by atoms with Gasteiger partial charge in [0.25, 0.3) is 0 Å². The van der Waals surface area contributed by atoms with Gasteiger partial charge in [0.1, 0.15) is 5.82 Å². The first kappa shape index (κ1) is 8.74. The number of rotatable bonds is 2. The van der Waals surface area contributed by atoms with E-state index in [0.717, 1.165) is 23.5 Å². The lowest BCUT2D eigenvalue weighted by Crippen LogP contribution is -1.86. The van der Waals surface area contributed by atoms with Crippen molar-refractivity contribution in [1.29, 1.82) is 0 Å². The zero-order valence-electron chi connectivity index (χ0n) is 7.99. The summed E-state index contributed by atoms with van der Waals surface area (Å²) in [5.41, 5.74) is 7.34. The number of H-pyrrole nitrogens is 1. The zero-order valence-corrected chi connectivity index (χ0v) is 7.99. The second-order valence-corrected chi connectivity index (χ2v) is 3.08. The molecule has 0 aliphatic heterocycles. The Labute approximate surface area is 82.2 Å². The first-order valence-electron chi connectivity index (χ1n) is 4.57. The first-order valence-corrected chi connectivity index (χ1v) is 4.57. The predicted molar refractivity (Wildman–Crippen MR) is 55.6 cm³/mol. The number of aromatic amines is 1. The molecule has 1 aromatic heterocycles. The Morgan fingerprint density at radius 2 is 2.29 bits per heavy atom. The maximum atomic E-state index is 5.67. The summed E-state index contributed by atoms with van der Waals surface area (Å²) in [6.45, 7) is 2.03. The van der Waals surface area contributed by atoms with E-state index >= 15 is 0 Å². The van der Waals surface area contributed by atoms with E-state index in [1.54, 1.807) is 0 Å². The van der Waals surface area contributed by atoms with Gasteiger partial charge in [-0.25, -0.2) is 4.98 Å². The number of benzene rings is 1. The highest BCUT2D eigenvalue weighted by molar-refractivity contribution is 5.60. The summed E-state index contributed by atoms with van der Waals surface area (Å²) in [7, 11) is 0. The monoisotopic (exact) mass is 188 g/mol. The summed E-state index contributed by atoms with van der Waals surface area (Å²) in [6, 6.07) is 7.55. The van der Waals surface area contributed by atoms with Crippen LogP contribution >= 0.6 is 0 Å². The van der Waals surface area contributed by atoms with E-state index in [2.05, 4.69) is 15.2 Å². The number of nitrogen functional groups attached to an aromatic ring is 1. The van der Waals surface area contributed by atoms with Gasteiger partial charge in [0, 0.05) is 17.7 Å². The molecular formula is C10H12N4. The number of aryl methyl sites for hydroxylation is 1. The molecule has 4 heteroatoms. The Morgan fingerprint density at radius 1 is 1.43 bits per heavy atom. The average Bonchev–Trinajstić information content (AvgIpc) is 2.66. The number of anilines is 1. The molecular weight excluding hydrogens is 176 g/mol. The van der Waals surface area contributed by atoms with Crippen molar-refractivity contribution in [2.45, 2.75) is 13.3 Å². The number of nitrogens with two attached hydrogens (primary N) is 1. The Hall–Kier alpha value is -1.84. The van der Waals surface area contributed by atoms with Crippen molar-refractivity contribution in [3.05, 3.63) is 30.1 Å². The Morgan fingerprint density at radius 3 is 2.93 bits per heavy atom. The van der Waals surface area contributed by atoms with Crippen LogP contribution in [0.15, 0.2) is 24.3 Å². The molecule has 2 aromatic rings. The molecule has 0 bridgehead atoms. The average molecular weight is 188 g/mol. The topological polar surface area (TPSA) is 67.6 Å². The van der Waals surface area contributed by atoms with Gasteiger partial charge < -0.3 is 5.73 Å². The molecule has 0 radical (unpaired) electrons. The molecule has 1 heterocycles. The van der Waals surface area contributed by atoms with Gasteiger partial charge in [0.05, 0.1) is 0 Å². The lowest BCUT2D eigenvalue weighted by atomic mass is 10.2. The van der Waals surface area contributed by atoms with E-state index in [-0.39, 0.29) is 0 Å². The third kappa shape index (κ3) is 1.59. The largest absolute Gasteiger partial charge is 0.399 e. The fraction of sp³-hybridized carbons (Fsp3) is 0.200. The Kier molecular flexibility index (Phi) is 2.18. The van der Waals surface area contributed by atoms with Crippen LogP contribution in [0, 0.1) is 0 Å². The van der Waals surface area contributed by atoms with Gasteiger partial charge in [0.15, 0.2) is 5.82 Å². The van der Waals surface area contributed by atoms with E-state index < -0.39 is 0 Å². The summed E-state index contributed by atoms with van der Waals surface area (Å²) in [5.74, 6) is 1.59. The molecule has 14 heavy (non-hydrogen) atoms. The maximum Gasteiger partial charge on any atom is 0.181 e. The summed E-state index contributed by atoms with van der Waals surface area (Å²) in [5, 5.41) is 6.98. The minimum absolute atomic E-state index is 0.703. The number of hydrogen-bond acceptors (Lipinski definition) is 3. The van der Waals surface area contributed by atoms with Crippen LogP contribution in [0.4, 0.5) is 5.69 Å². The second-order valence-electron chi connectivity index (χ2n) is 3.08. The van der Waals surface area contributed by atoms with Crippen LogP contribution in [-0.4, -0.2) is 15.2 Å². The number of nitrogens with one attached hydrogen (secondary N) is 1. The van der Waals surface area contributed by atoms with E-state index in [1.165, 1.54) is 0 Å². The van der Waals surface area contributed by atoms with Crippen LogP contribution in [-0.2, 0) is 6.42 Å². The molecule has 1 aromatic carbocycles. The van der Waals surface area contributed by atoms with Crippen molar-refractivity contribution in [2.75, 3.05) is 5.73 Å². The molecule has 0 aliphatic carbocycles. The molecule has 72 valence electrons. The lowest BCUT2D eigenvalue weighted by molar-refractivity contribution is 0.946. The van der Waals surface area contributed by atoms with Crippen molar-refractivity contribution in [1.82, 2.24) is 15.2 Å². The fourth-order valence-electron chi connectivity index (χ4n) is 1.26. The van der Waals surface area contributed by atoms with Crippen LogP contribution in [0.5, 0.6) is 0 Å². The van der Waals surface area contributed by atoms with Crippen molar-refractivity contribution in [3.63, 3.8) is 0 Å². The standard InChI is InChI=1S/C10H12N4/c1-2-9-12-10(14-13-9)7-4-3-5-8(11)6-7/h3-6H,2,11H2,1H3,(H,12,13,14). The van der Waals surface area contributed by atoms with Gasteiger partial charge in [-0.15, -0.1) is 0 Å². The maximum absolute atomic E-state index is 5.67. The Bertz CT molecular complexity index is 433. The summed E-state index contributed by atoms with van der Waals surface area (Å²) in [4.78, 5) is 4.32. The summed E-state index contributed by atoms with van der Waals surface area (Å²) in [6.07, 6.45) is 0.856. The van der Waals surface area contributed by atoms with Crippen LogP contribution in [0.1, 0.15) is 12.7 Å². The third-order valence-electron chi connectivity index (χ3n) is 2.01. The Balaban J connectivity index is 2.39. The van der Waals surface area contributed by atoms with E-state index in [9.17, 15) is 0 Å². The molecule has 0 fully saturated rings. The first-order chi connectivity index (χ1) is 6.79. The van der Waals surface area contributed by atoms with Crippen molar-refractivity contribution < 1.29 is 0 Å². The van der Waals surface area contributed by atoms with E-state index in [4.69, 9.17) is 5.73 Å². The highest BCUT2D eigenvalue weighted by atomic mass is 15.2. The van der Waals surface area contributed by atoms with Crippen molar-refractivity contribution >= 4 is 5.69 Å². The minimum Gasteiger partial charge on any atom is -0.399 e. The highest BCUT2D eigenvalue weighted by Crippen LogP contribution is 2.17. The van der Waals surface area contributed by atoms with Gasteiger partial charge in [-0.1, -0.05) is 19.1 Å². The zero-order chi connectivity index (χ0) is 9.97. The van der Waals surface area contributed by atoms with Gasteiger partial charge in [-0.3, -0.25) is 5.10 Å². The van der Waals surface area contributed by atoms with Crippen LogP contribution in [0.3, 0.4) is 0 Å². The van der Waals surface area contributed by atoms with Crippen molar-refractivity contribution in [3.8, 4) is 11.4 Å². The van der Waals surface area contributed by atoms with E-state index in [0.29, 0.717) is 5.82 Å². The molecule has 0 spiro atoms. The molecule has 0 atom stereocenters. The highest BCUT2D eigenvalue weighted by Gasteiger charge is 2.03. The van der Waals surface area contributed by atoms with Gasteiger partial charge in [-0.2, -0.15) is 5.10 Å². The summed E-state index contributed by atoms with van der Waals surface area (Å²) >= 11 is 0. The second kappa shape index (κ2) is 3.49. The quantitative estimate of drug-likeness (QED) is 0.703. The van der Waals surface area contributed by atoms with Crippen molar-refractivity contribution in [2.24, 2.45) is 0 Å². The number of nitrogens with zero attached hydrogens (tertiary/aromatic N) is 2. The minimum atomic E-state index is 0.703.